The number of nitrogens with zero attached hydrogens (tertiary/aromatic N) is 2. The first-order valence-corrected chi connectivity index (χ1v) is 3.98. The maximum absolute atomic E-state index is 10.6. The number of hydrogen-bond donors (Lipinski definition) is 1. The van der Waals surface area contributed by atoms with Gasteiger partial charge in [-0.1, -0.05) is 6.07 Å². The van der Waals surface area contributed by atoms with Gasteiger partial charge in [-0.05, 0) is 18.1 Å². The molecule has 0 aliphatic heterocycles. The topological polar surface area (TPSA) is 93.0 Å². The van der Waals surface area contributed by atoms with Crippen LogP contribution in [0.4, 0.5) is 5.69 Å². The van der Waals surface area contributed by atoms with E-state index in [-0.39, 0.29) is 17.8 Å². The minimum absolute atomic E-state index is 0.0671. The minimum atomic E-state index is -0.572. The van der Waals surface area contributed by atoms with Crippen LogP contribution < -0.4 is 5.73 Å². The maximum atomic E-state index is 10.6. The Balaban J connectivity index is 3.50. The average molecular weight is 191 g/mol. The predicted octanol–water partition coefficient (Wildman–Crippen LogP) is 1.23. The summed E-state index contributed by atoms with van der Waals surface area (Å²) in [6.45, 7) is 1.91. The molecule has 0 radical (unpaired) electrons. The molecule has 0 aliphatic rings. The molecule has 1 rings (SSSR count). The van der Waals surface area contributed by atoms with Gasteiger partial charge in [-0.25, -0.2) is 0 Å². The number of nitriles is 1. The van der Waals surface area contributed by atoms with Crippen molar-refractivity contribution in [1.82, 2.24) is 0 Å². The Morgan fingerprint density at radius 3 is 2.71 bits per heavy atom. The average Bonchev–Trinajstić information content (AvgIpc) is 2.16. The van der Waals surface area contributed by atoms with Gasteiger partial charge in [-0.3, -0.25) is 10.1 Å². The summed E-state index contributed by atoms with van der Waals surface area (Å²) in [5, 5.41) is 19.4. The van der Waals surface area contributed by atoms with Gasteiger partial charge in [0, 0.05) is 12.6 Å². The number of aryl methyl sites for hydroxylation is 1. The third kappa shape index (κ3) is 1.56. The zero-order valence-corrected chi connectivity index (χ0v) is 7.65. The predicted molar refractivity (Wildman–Crippen MR) is 50.4 cm³/mol. The van der Waals surface area contributed by atoms with E-state index in [0.29, 0.717) is 5.56 Å². The molecule has 72 valence electrons. The Morgan fingerprint density at radius 2 is 2.29 bits per heavy atom. The molecule has 0 amide bonds. The lowest BCUT2D eigenvalue weighted by molar-refractivity contribution is -0.385. The van der Waals surface area contributed by atoms with Gasteiger partial charge in [-0.15, -0.1) is 0 Å². The summed E-state index contributed by atoms with van der Waals surface area (Å²) in [4.78, 5) is 10.0. The van der Waals surface area contributed by atoms with Crippen LogP contribution in [0.2, 0.25) is 0 Å². The van der Waals surface area contributed by atoms with Gasteiger partial charge in [0.25, 0.3) is 5.69 Å². The van der Waals surface area contributed by atoms with Crippen LogP contribution in [0.25, 0.3) is 0 Å². The van der Waals surface area contributed by atoms with E-state index in [9.17, 15) is 10.1 Å². The Labute approximate surface area is 80.9 Å². The standard InChI is InChI=1S/C9H9N3O2/c1-6-2-3-9(12(13)14)8(5-11)7(6)4-10/h2-3H,4,10H2,1H3. The first kappa shape index (κ1) is 10.2. The highest BCUT2D eigenvalue weighted by molar-refractivity contribution is 5.56. The molecule has 2 N–H and O–H groups in total. The van der Waals surface area contributed by atoms with Gasteiger partial charge in [0.2, 0.25) is 0 Å². The Kier molecular flexibility index (Phi) is 2.79. The quantitative estimate of drug-likeness (QED) is 0.562. The van der Waals surface area contributed by atoms with Crippen molar-refractivity contribution >= 4 is 5.69 Å². The Morgan fingerprint density at radius 1 is 1.64 bits per heavy atom. The van der Waals surface area contributed by atoms with Crippen LogP contribution in [0.15, 0.2) is 12.1 Å². The molecule has 0 heterocycles. The molecule has 5 nitrogen and oxygen atoms in total. The highest BCUT2D eigenvalue weighted by Gasteiger charge is 2.17. The molecule has 0 fully saturated rings. The first-order chi connectivity index (χ1) is 6.61. The zero-order valence-electron chi connectivity index (χ0n) is 7.65. The minimum Gasteiger partial charge on any atom is -0.326 e. The summed E-state index contributed by atoms with van der Waals surface area (Å²) in [5.74, 6) is 0. The van der Waals surface area contributed by atoms with Crippen molar-refractivity contribution in [3.63, 3.8) is 0 Å². The second kappa shape index (κ2) is 3.85. The first-order valence-electron chi connectivity index (χ1n) is 3.98. The molecule has 0 spiro atoms. The Hall–Kier alpha value is -1.93. The normalized spacial score (nSPS) is 9.50. The molecule has 14 heavy (non-hydrogen) atoms. The number of benzene rings is 1. The van der Waals surface area contributed by atoms with Crippen molar-refractivity contribution < 1.29 is 4.92 Å². The third-order valence-corrected chi connectivity index (χ3v) is 2.04. The van der Waals surface area contributed by atoms with E-state index >= 15 is 0 Å². The molecule has 0 bridgehead atoms. The lowest BCUT2D eigenvalue weighted by Crippen LogP contribution is -2.05. The monoisotopic (exact) mass is 191 g/mol. The van der Waals surface area contributed by atoms with E-state index in [1.54, 1.807) is 13.0 Å². The van der Waals surface area contributed by atoms with E-state index in [4.69, 9.17) is 11.0 Å². The summed E-state index contributed by atoms with van der Waals surface area (Å²) < 4.78 is 0. The number of nitro groups is 1. The van der Waals surface area contributed by atoms with Gasteiger partial charge >= 0.3 is 0 Å². The number of nitro benzene ring substituents is 1. The summed E-state index contributed by atoms with van der Waals surface area (Å²) in [7, 11) is 0. The van der Waals surface area contributed by atoms with Gasteiger partial charge in [0.05, 0.1) is 4.92 Å². The van der Waals surface area contributed by atoms with Crippen LogP contribution in [0.1, 0.15) is 16.7 Å². The highest BCUT2D eigenvalue weighted by Crippen LogP contribution is 2.23. The summed E-state index contributed by atoms with van der Waals surface area (Å²) >= 11 is 0. The van der Waals surface area contributed by atoms with Gasteiger partial charge in [-0.2, -0.15) is 5.26 Å². The molecule has 0 saturated carbocycles. The van der Waals surface area contributed by atoms with Crippen molar-refractivity contribution in [2.24, 2.45) is 5.73 Å². The summed E-state index contributed by atoms with van der Waals surface area (Å²) in [6, 6.07) is 4.74. The SMILES string of the molecule is Cc1ccc([N+](=O)[O-])c(C#N)c1CN. The summed E-state index contributed by atoms with van der Waals surface area (Å²) in [5.41, 5.74) is 6.65. The molecule has 0 atom stereocenters. The van der Waals surface area contributed by atoms with E-state index in [1.165, 1.54) is 6.07 Å². The smallest absolute Gasteiger partial charge is 0.287 e. The number of rotatable bonds is 2. The van der Waals surface area contributed by atoms with E-state index < -0.39 is 4.92 Å². The molecule has 0 saturated heterocycles. The van der Waals surface area contributed by atoms with Crippen LogP contribution in [0, 0.1) is 28.4 Å². The van der Waals surface area contributed by atoms with Gasteiger partial charge in [0.15, 0.2) is 0 Å². The van der Waals surface area contributed by atoms with Crippen LogP contribution in [-0.4, -0.2) is 4.92 Å². The van der Waals surface area contributed by atoms with Crippen LogP contribution in [0.3, 0.4) is 0 Å². The fraction of sp³-hybridized carbons (Fsp3) is 0.222. The van der Waals surface area contributed by atoms with Crippen LogP contribution in [0.5, 0.6) is 0 Å². The number of hydrogen-bond acceptors (Lipinski definition) is 4. The lowest BCUT2D eigenvalue weighted by Gasteiger charge is -2.04. The highest BCUT2D eigenvalue weighted by atomic mass is 16.6. The number of nitrogens with two attached hydrogens (primary N) is 1. The van der Waals surface area contributed by atoms with E-state index in [2.05, 4.69) is 0 Å². The molecule has 0 aromatic heterocycles. The van der Waals surface area contributed by atoms with Crippen LogP contribution >= 0.6 is 0 Å². The molecule has 0 unspecified atom stereocenters. The second-order valence-corrected chi connectivity index (χ2v) is 2.83. The van der Waals surface area contributed by atoms with Crippen molar-refractivity contribution in [2.75, 3.05) is 0 Å². The lowest BCUT2D eigenvalue weighted by atomic mass is 10.0. The van der Waals surface area contributed by atoms with Gasteiger partial charge in [0.1, 0.15) is 11.6 Å². The summed E-state index contributed by atoms with van der Waals surface area (Å²) in [6.07, 6.45) is 0. The second-order valence-electron chi connectivity index (χ2n) is 2.83. The third-order valence-electron chi connectivity index (χ3n) is 2.04. The zero-order chi connectivity index (χ0) is 10.7. The van der Waals surface area contributed by atoms with Crippen molar-refractivity contribution in [1.29, 1.82) is 5.26 Å². The van der Waals surface area contributed by atoms with Crippen LogP contribution in [-0.2, 0) is 6.54 Å². The molecule has 1 aromatic carbocycles. The molecule has 0 aliphatic carbocycles. The molecule has 5 heteroatoms. The van der Waals surface area contributed by atoms with E-state index in [1.807, 2.05) is 6.07 Å². The Bertz CT molecular complexity index is 421. The van der Waals surface area contributed by atoms with Gasteiger partial charge < -0.3 is 5.73 Å². The maximum Gasteiger partial charge on any atom is 0.287 e. The molecular formula is C9H9N3O2. The van der Waals surface area contributed by atoms with Crippen molar-refractivity contribution in [3.8, 4) is 6.07 Å². The fourth-order valence-corrected chi connectivity index (χ4v) is 1.28. The molecular weight excluding hydrogens is 182 g/mol. The largest absolute Gasteiger partial charge is 0.326 e. The molecule has 1 aromatic rings. The fourth-order valence-electron chi connectivity index (χ4n) is 1.28. The van der Waals surface area contributed by atoms with E-state index in [0.717, 1.165) is 5.56 Å². The van der Waals surface area contributed by atoms with Crippen molar-refractivity contribution in [2.45, 2.75) is 13.5 Å². The van der Waals surface area contributed by atoms with Crippen molar-refractivity contribution in [3.05, 3.63) is 38.9 Å².